The number of hydroxylamine groups is 1. The van der Waals surface area contributed by atoms with Gasteiger partial charge in [-0.05, 0) is 6.07 Å². The minimum absolute atomic E-state index is 0.122. The summed E-state index contributed by atoms with van der Waals surface area (Å²) < 4.78 is 0. The first-order valence-corrected chi connectivity index (χ1v) is 4.33. The molecule has 0 unspecified atom stereocenters. The summed E-state index contributed by atoms with van der Waals surface area (Å²) >= 11 is 0. The minimum Gasteiger partial charge on any atom is -0.392 e. The predicted molar refractivity (Wildman–Crippen MR) is 51.3 cm³/mol. The van der Waals surface area contributed by atoms with Crippen LogP contribution in [0.4, 0.5) is 0 Å². The molecule has 1 aliphatic rings. The third kappa shape index (κ3) is 1.34. The summed E-state index contributed by atoms with van der Waals surface area (Å²) in [6.45, 7) is -0.298. The van der Waals surface area contributed by atoms with Crippen molar-refractivity contribution in [1.29, 1.82) is 0 Å². The average Bonchev–Trinajstić information content (AvgIpc) is 2.27. The van der Waals surface area contributed by atoms with Crippen molar-refractivity contribution in [3.05, 3.63) is 35.5 Å². The summed E-state index contributed by atoms with van der Waals surface area (Å²) in [6.07, 6.45) is 0. The van der Waals surface area contributed by atoms with Gasteiger partial charge in [0.2, 0.25) is 0 Å². The SMILES string of the molecule is OCC1=C(CO)c2ccccc2ON1. The van der Waals surface area contributed by atoms with Gasteiger partial charge in [0.25, 0.3) is 0 Å². The molecule has 0 fully saturated rings. The fraction of sp³-hybridized carbons (Fsp3) is 0.200. The Morgan fingerprint density at radius 2 is 1.93 bits per heavy atom. The monoisotopic (exact) mass is 193 g/mol. The van der Waals surface area contributed by atoms with Crippen molar-refractivity contribution in [3.8, 4) is 5.75 Å². The molecule has 1 aliphatic heterocycles. The zero-order valence-electron chi connectivity index (χ0n) is 7.53. The van der Waals surface area contributed by atoms with Gasteiger partial charge in [-0.25, -0.2) is 5.48 Å². The topological polar surface area (TPSA) is 61.7 Å². The molecule has 0 bridgehead atoms. The minimum atomic E-state index is -0.176. The van der Waals surface area contributed by atoms with Gasteiger partial charge in [-0.2, -0.15) is 0 Å². The van der Waals surface area contributed by atoms with Gasteiger partial charge in [-0.3, -0.25) is 0 Å². The number of aliphatic hydroxyl groups excluding tert-OH is 2. The number of hydrogen-bond donors (Lipinski definition) is 3. The summed E-state index contributed by atoms with van der Waals surface area (Å²) in [6, 6.07) is 7.35. The molecule has 0 aliphatic carbocycles. The molecule has 1 aromatic carbocycles. The fourth-order valence-corrected chi connectivity index (χ4v) is 1.45. The summed E-state index contributed by atoms with van der Waals surface area (Å²) in [5.41, 5.74) is 4.59. The molecular formula is C10H11NO3. The van der Waals surface area contributed by atoms with E-state index >= 15 is 0 Å². The molecule has 14 heavy (non-hydrogen) atoms. The highest BCUT2D eigenvalue weighted by Crippen LogP contribution is 2.30. The van der Waals surface area contributed by atoms with Gasteiger partial charge in [0, 0.05) is 11.1 Å². The van der Waals surface area contributed by atoms with E-state index in [0.29, 0.717) is 17.0 Å². The first kappa shape index (κ1) is 9.05. The van der Waals surface area contributed by atoms with Crippen molar-refractivity contribution < 1.29 is 15.1 Å². The van der Waals surface area contributed by atoms with Crippen LogP contribution in [0.2, 0.25) is 0 Å². The van der Waals surface area contributed by atoms with Gasteiger partial charge in [-0.15, -0.1) is 0 Å². The maximum atomic E-state index is 9.17. The average molecular weight is 193 g/mol. The van der Waals surface area contributed by atoms with Crippen LogP contribution in [0.5, 0.6) is 5.75 Å². The van der Waals surface area contributed by atoms with E-state index in [-0.39, 0.29) is 13.2 Å². The maximum absolute atomic E-state index is 9.17. The van der Waals surface area contributed by atoms with Gasteiger partial charge >= 0.3 is 0 Å². The number of hydrogen-bond acceptors (Lipinski definition) is 4. The van der Waals surface area contributed by atoms with E-state index in [9.17, 15) is 5.11 Å². The van der Waals surface area contributed by atoms with E-state index in [4.69, 9.17) is 9.94 Å². The molecule has 0 atom stereocenters. The number of fused-ring (bicyclic) bond motifs is 1. The van der Waals surface area contributed by atoms with Gasteiger partial charge in [-0.1, -0.05) is 18.2 Å². The van der Waals surface area contributed by atoms with Gasteiger partial charge in [0.05, 0.1) is 18.9 Å². The molecular weight excluding hydrogens is 182 g/mol. The van der Waals surface area contributed by atoms with Crippen LogP contribution in [0.1, 0.15) is 5.56 Å². The highest BCUT2D eigenvalue weighted by molar-refractivity contribution is 5.74. The summed E-state index contributed by atoms with van der Waals surface area (Å²) in [4.78, 5) is 5.18. The van der Waals surface area contributed by atoms with Crippen molar-refractivity contribution in [2.24, 2.45) is 0 Å². The van der Waals surface area contributed by atoms with E-state index < -0.39 is 0 Å². The van der Waals surface area contributed by atoms with Crippen molar-refractivity contribution in [3.63, 3.8) is 0 Å². The first-order valence-electron chi connectivity index (χ1n) is 4.33. The Balaban J connectivity index is 2.52. The zero-order chi connectivity index (χ0) is 9.97. The molecule has 4 nitrogen and oxygen atoms in total. The molecule has 0 amide bonds. The Bertz CT molecular complexity index is 373. The van der Waals surface area contributed by atoms with Gasteiger partial charge in [0.1, 0.15) is 0 Å². The number of para-hydroxylation sites is 1. The molecule has 1 heterocycles. The zero-order valence-corrected chi connectivity index (χ0v) is 7.53. The summed E-state index contributed by atoms with van der Waals surface area (Å²) in [5.74, 6) is 0.661. The molecule has 0 aromatic heterocycles. The van der Waals surface area contributed by atoms with Crippen LogP contribution in [-0.4, -0.2) is 23.4 Å². The Morgan fingerprint density at radius 3 is 2.64 bits per heavy atom. The van der Waals surface area contributed by atoms with E-state index in [2.05, 4.69) is 5.48 Å². The van der Waals surface area contributed by atoms with Crippen LogP contribution in [0, 0.1) is 0 Å². The largest absolute Gasteiger partial charge is 0.392 e. The van der Waals surface area contributed by atoms with Crippen LogP contribution in [0.25, 0.3) is 5.57 Å². The van der Waals surface area contributed by atoms with E-state index in [0.717, 1.165) is 5.56 Å². The predicted octanol–water partition coefficient (Wildman–Crippen LogP) is 0.279. The molecule has 2 rings (SSSR count). The molecule has 1 aromatic rings. The molecule has 3 N–H and O–H groups in total. The molecule has 4 heteroatoms. The van der Waals surface area contributed by atoms with Gasteiger partial charge < -0.3 is 15.1 Å². The summed E-state index contributed by atoms with van der Waals surface area (Å²) in [5, 5.41) is 18.2. The van der Waals surface area contributed by atoms with E-state index in [1.165, 1.54) is 0 Å². The fourth-order valence-electron chi connectivity index (χ4n) is 1.45. The highest BCUT2D eigenvalue weighted by Gasteiger charge is 2.18. The summed E-state index contributed by atoms with van der Waals surface area (Å²) in [7, 11) is 0. The van der Waals surface area contributed by atoms with Crippen LogP contribution in [0.15, 0.2) is 30.0 Å². The number of aliphatic hydroxyl groups is 2. The lowest BCUT2D eigenvalue weighted by atomic mass is 10.0. The third-order valence-electron chi connectivity index (χ3n) is 2.18. The smallest absolute Gasteiger partial charge is 0.162 e. The number of rotatable bonds is 2. The molecule has 0 spiro atoms. The van der Waals surface area contributed by atoms with E-state index in [1.54, 1.807) is 6.07 Å². The lowest BCUT2D eigenvalue weighted by Gasteiger charge is -2.22. The van der Waals surface area contributed by atoms with Crippen molar-refractivity contribution >= 4 is 5.57 Å². The Morgan fingerprint density at radius 1 is 1.14 bits per heavy atom. The highest BCUT2D eigenvalue weighted by atomic mass is 16.6. The second-order valence-electron chi connectivity index (χ2n) is 2.97. The van der Waals surface area contributed by atoms with Crippen molar-refractivity contribution in [2.75, 3.05) is 13.2 Å². The standard InChI is InChI=1S/C10H11NO3/c12-5-8-7-3-1-2-4-10(7)14-11-9(8)6-13/h1-4,11-13H,5-6H2. The number of benzene rings is 1. The molecule has 0 radical (unpaired) electrons. The normalized spacial score (nSPS) is 14.4. The second kappa shape index (κ2) is 3.69. The molecule has 0 saturated heterocycles. The van der Waals surface area contributed by atoms with E-state index in [1.807, 2.05) is 18.2 Å². The van der Waals surface area contributed by atoms with Crippen molar-refractivity contribution in [2.45, 2.75) is 0 Å². The second-order valence-corrected chi connectivity index (χ2v) is 2.97. The van der Waals surface area contributed by atoms with Gasteiger partial charge in [0.15, 0.2) is 5.75 Å². The Labute approximate surface area is 81.4 Å². The van der Waals surface area contributed by atoms with Crippen LogP contribution in [0.3, 0.4) is 0 Å². The van der Waals surface area contributed by atoms with Crippen molar-refractivity contribution in [1.82, 2.24) is 5.48 Å². The third-order valence-corrected chi connectivity index (χ3v) is 2.18. The Kier molecular flexibility index (Phi) is 2.39. The first-order chi connectivity index (χ1) is 6.86. The number of nitrogens with one attached hydrogen (secondary N) is 1. The van der Waals surface area contributed by atoms with Crippen LogP contribution >= 0.6 is 0 Å². The van der Waals surface area contributed by atoms with Crippen LogP contribution in [-0.2, 0) is 0 Å². The quantitative estimate of drug-likeness (QED) is 0.631. The Hall–Kier alpha value is -1.52. The maximum Gasteiger partial charge on any atom is 0.162 e. The lowest BCUT2D eigenvalue weighted by molar-refractivity contribution is 0.193. The lowest BCUT2D eigenvalue weighted by Crippen LogP contribution is -2.27. The van der Waals surface area contributed by atoms with Crippen LogP contribution < -0.4 is 10.3 Å². The molecule has 74 valence electrons. The molecule has 0 saturated carbocycles.